The maximum absolute atomic E-state index is 12.6. The summed E-state index contributed by atoms with van der Waals surface area (Å²) in [5.74, 6) is 0.0512. The molecule has 2 aromatic heterocycles. The quantitative estimate of drug-likeness (QED) is 0.828. The van der Waals surface area contributed by atoms with E-state index in [0.717, 1.165) is 11.3 Å². The van der Waals surface area contributed by atoms with E-state index in [2.05, 4.69) is 15.5 Å². The molecule has 10 heteroatoms. The fourth-order valence-corrected chi connectivity index (χ4v) is 5.79. The summed E-state index contributed by atoms with van der Waals surface area (Å²) in [7, 11) is -3.47. The highest BCUT2D eigenvalue weighted by Gasteiger charge is 2.30. The van der Waals surface area contributed by atoms with Crippen LogP contribution in [0.2, 0.25) is 4.34 Å². The highest BCUT2D eigenvalue weighted by Crippen LogP contribution is 2.30. The summed E-state index contributed by atoms with van der Waals surface area (Å²) in [6.07, 6.45) is 4.28. The molecule has 1 amide bonds. The molecule has 134 valence electrons. The molecule has 0 atom stereocenters. The van der Waals surface area contributed by atoms with Crippen LogP contribution in [0.1, 0.15) is 23.2 Å². The minimum absolute atomic E-state index is 0.196. The molecule has 1 saturated heterocycles. The second kappa shape index (κ2) is 7.77. The number of carbonyl (C=O) groups excluding carboxylic acids is 1. The molecule has 1 aliphatic heterocycles. The van der Waals surface area contributed by atoms with Gasteiger partial charge in [0.2, 0.25) is 0 Å². The van der Waals surface area contributed by atoms with Gasteiger partial charge in [-0.1, -0.05) is 11.6 Å². The Kier molecular flexibility index (Phi) is 5.67. The highest BCUT2D eigenvalue weighted by molar-refractivity contribution is 7.91. The van der Waals surface area contributed by atoms with E-state index >= 15 is 0 Å². The van der Waals surface area contributed by atoms with Gasteiger partial charge in [-0.25, -0.2) is 8.42 Å². The molecule has 0 aromatic carbocycles. The van der Waals surface area contributed by atoms with Crippen molar-refractivity contribution in [3.8, 4) is 0 Å². The Morgan fingerprint density at radius 1 is 1.28 bits per heavy atom. The molecular weight excluding hydrogens is 384 g/mol. The summed E-state index contributed by atoms with van der Waals surface area (Å²) in [6, 6.07) is 4.73. The summed E-state index contributed by atoms with van der Waals surface area (Å²) < 4.78 is 27.3. The first-order valence-electron chi connectivity index (χ1n) is 7.77. The summed E-state index contributed by atoms with van der Waals surface area (Å²) >= 11 is 6.91. The van der Waals surface area contributed by atoms with Crippen molar-refractivity contribution in [3.05, 3.63) is 40.5 Å². The minimum atomic E-state index is -3.47. The zero-order chi connectivity index (χ0) is 17.9. The van der Waals surface area contributed by atoms with Crippen LogP contribution in [0.4, 0.5) is 0 Å². The number of hydrogen-bond donors (Lipinski definition) is 1. The van der Waals surface area contributed by atoms with Crippen LogP contribution >= 0.6 is 22.9 Å². The van der Waals surface area contributed by atoms with E-state index in [4.69, 9.17) is 11.6 Å². The number of piperidine rings is 1. The predicted octanol–water partition coefficient (Wildman–Crippen LogP) is 2.02. The molecule has 7 nitrogen and oxygen atoms in total. The van der Waals surface area contributed by atoms with Gasteiger partial charge in [0.25, 0.3) is 15.9 Å². The van der Waals surface area contributed by atoms with E-state index in [1.165, 1.54) is 22.8 Å². The van der Waals surface area contributed by atoms with Crippen molar-refractivity contribution >= 4 is 38.9 Å². The molecular formula is C15H17ClN4O3S2. The Hall–Kier alpha value is -1.55. The molecule has 2 aromatic rings. The van der Waals surface area contributed by atoms with Crippen molar-refractivity contribution in [1.82, 2.24) is 19.8 Å². The van der Waals surface area contributed by atoms with E-state index in [1.807, 2.05) is 0 Å². The van der Waals surface area contributed by atoms with Crippen LogP contribution in [0.3, 0.4) is 0 Å². The van der Waals surface area contributed by atoms with Crippen LogP contribution in [0.25, 0.3) is 0 Å². The second-order valence-electron chi connectivity index (χ2n) is 5.75. The lowest BCUT2D eigenvalue weighted by Crippen LogP contribution is -2.41. The molecule has 0 radical (unpaired) electrons. The zero-order valence-electron chi connectivity index (χ0n) is 13.3. The fourth-order valence-electron chi connectivity index (χ4n) is 2.68. The number of thiophene rings is 1. The van der Waals surface area contributed by atoms with Crippen LogP contribution in [-0.2, 0) is 10.0 Å². The molecule has 0 unspecified atom stereocenters. The van der Waals surface area contributed by atoms with E-state index in [9.17, 15) is 13.2 Å². The molecule has 0 bridgehead atoms. The molecule has 0 spiro atoms. The lowest BCUT2D eigenvalue weighted by atomic mass is 9.98. The maximum atomic E-state index is 12.6. The summed E-state index contributed by atoms with van der Waals surface area (Å²) in [6.45, 7) is 1.39. The number of nitrogens with zero attached hydrogens (tertiary/aromatic N) is 3. The third kappa shape index (κ3) is 4.35. The number of amides is 1. The SMILES string of the molecule is O=C(NCC1CCN(S(=O)(=O)c2ccc(Cl)s2)CC1)c1ccnnc1. The Labute approximate surface area is 155 Å². The lowest BCUT2D eigenvalue weighted by molar-refractivity contribution is 0.0941. The van der Waals surface area contributed by atoms with Crippen molar-refractivity contribution < 1.29 is 13.2 Å². The second-order valence-corrected chi connectivity index (χ2v) is 9.63. The Balaban J connectivity index is 1.51. The van der Waals surface area contributed by atoms with Crippen LogP contribution in [-0.4, -0.2) is 48.5 Å². The molecule has 0 aliphatic carbocycles. The Morgan fingerprint density at radius 3 is 2.64 bits per heavy atom. The van der Waals surface area contributed by atoms with Gasteiger partial charge < -0.3 is 5.32 Å². The van der Waals surface area contributed by atoms with Crippen LogP contribution in [0, 0.1) is 5.92 Å². The van der Waals surface area contributed by atoms with Crippen LogP contribution in [0.5, 0.6) is 0 Å². The van der Waals surface area contributed by atoms with E-state index in [0.29, 0.717) is 42.4 Å². The molecule has 1 N–H and O–H groups in total. The molecule has 1 fully saturated rings. The van der Waals surface area contributed by atoms with Gasteiger partial charge in [-0.2, -0.15) is 14.5 Å². The molecule has 3 rings (SSSR count). The highest BCUT2D eigenvalue weighted by atomic mass is 35.5. The monoisotopic (exact) mass is 400 g/mol. The molecule has 3 heterocycles. The minimum Gasteiger partial charge on any atom is -0.352 e. The van der Waals surface area contributed by atoms with Gasteiger partial charge in [0.15, 0.2) is 0 Å². The average molecular weight is 401 g/mol. The van der Waals surface area contributed by atoms with E-state index in [1.54, 1.807) is 12.1 Å². The van der Waals surface area contributed by atoms with Crippen molar-refractivity contribution in [1.29, 1.82) is 0 Å². The number of rotatable bonds is 5. The largest absolute Gasteiger partial charge is 0.352 e. The maximum Gasteiger partial charge on any atom is 0.252 e. The van der Waals surface area contributed by atoms with Gasteiger partial charge in [-0.3, -0.25) is 4.79 Å². The number of nitrogens with one attached hydrogen (secondary N) is 1. The van der Waals surface area contributed by atoms with Crippen LogP contribution in [0.15, 0.2) is 34.8 Å². The number of carbonyl (C=O) groups is 1. The third-order valence-corrected chi connectivity index (χ3v) is 7.71. The van der Waals surface area contributed by atoms with Gasteiger partial charge in [-0.15, -0.1) is 11.3 Å². The van der Waals surface area contributed by atoms with Gasteiger partial charge in [-0.05, 0) is 37.0 Å². The third-order valence-electron chi connectivity index (χ3n) is 4.11. The van der Waals surface area contributed by atoms with Gasteiger partial charge >= 0.3 is 0 Å². The number of aromatic nitrogens is 2. The lowest BCUT2D eigenvalue weighted by Gasteiger charge is -2.30. The number of halogens is 1. The first-order chi connectivity index (χ1) is 12.0. The normalized spacial score (nSPS) is 16.7. The summed E-state index contributed by atoms with van der Waals surface area (Å²) in [4.78, 5) is 12.0. The van der Waals surface area contributed by atoms with Crippen molar-refractivity contribution in [2.24, 2.45) is 5.92 Å². The molecule has 25 heavy (non-hydrogen) atoms. The van der Waals surface area contributed by atoms with Crippen molar-refractivity contribution in [2.45, 2.75) is 17.1 Å². The van der Waals surface area contributed by atoms with Gasteiger partial charge in [0, 0.05) is 19.6 Å². The standard InChI is InChI=1S/C15H17ClN4O3S2/c16-13-1-2-14(24-13)25(22,23)20-7-4-11(5-8-20)9-17-15(21)12-3-6-18-19-10-12/h1-3,6,10-11H,4-5,7-9H2,(H,17,21). The first-order valence-corrected chi connectivity index (χ1v) is 10.4. The topological polar surface area (TPSA) is 92.3 Å². The predicted molar refractivity (Wildman–Crippen MR) is 95.2 cm³/mol. The average Bonchev–Trinajstić information content (AvgIpc) is 3.08. The Morgan fingerprint density at radius 2 is 2.04 bits per heavy atom. The smallest absolute Gasteiger partial charge is 0.252 e. The van der Waals surface area contributed by atoms with Crippen molar-refractivity contribution in [2.75, 3.05) is 19.6 Å². The number of hydrogen-bond acceptors (Lipinski definition) is 6. The Bertz CT molecular complexity index is 833. The summed E-state index contributed by atoms with van der Waals surface area (Å²) in [5.41, 5.74) is 0.463. The van der Waals surface area contributed by atoms with Crippen molar-refractivity contribution in [3.63, 3.8) is 0 Å². The van der Waals surface area contributed by atoms with Gasteiger partial charge in [0.05, 0.1) is 22.3 Å². The number of sulfonamides is 1. The van der Waals surface area contributed by atoms with Crippen LogP contribution < -0.4 is 5.32 Å². The zero-order valence-corrected chi connectivity index (χ0v) is 15.6. The van der Waals surface area contributed by atoms with E-state index in [-0.39, 0.29) is 16.0 Å². The van der Waals surface area contributed by atoms with Gasteiger partial charge in [0.1, 0.15) is 4.21 Å². The summed E-state index contributed by atoms with van der Waals surface area (Å²) in [5, 5.41) is 10.2. The first kappa shape index (κ1) is 18.2. The molecule has 1 aliphatic rings. The van der Waals surface area contributed by atoms with E-state index < -0.39 is 10.0 Å². The molecule has 0 saturated carbocycles. The fraction of sp³-hybridized carbons (Fsp3) is 0.400.